The van der Waals surface area contributed by atoms with Crippen LogP contribution in [0.15, 0.2) is 46.9 Å². The van der Waals surface area contributed by atoms with Crippen LogP contribution in [0.25, 0.3) is 0 Å². The zero-order valence-electron chi connectivity index (χ0n) is 18.2. The molecule has 2 amide bonds. The minimum atomic E-state index is -3.74. The average molecular weight is 481 g/mol. The molecule has 1 aromatic rings. The summed E-state index contributed by atoms with van der Waals surface area (Å²) in [5, 5.41) is 2.66. The van der Waals surface area contributed by atoms with Crippen molar-refractivity contribution >= 4 is 27.8 Å². The summed E-state index contributed by atoms with van der Waals surface area (Å²) in [5.41, 5.74) is 6.54. The quantitative estimate of drug-likeness (QED) is 0.308. The Kier molecular flexibility index (Phi) is 8.19. The summed E-state index contributed by atoms with van der Waals surface area (Å²) in [6.07, 6.45) is 1.02. The lowest BCUT2D eigenvalue weighted by Gasteiger charge is -2.25. The lowest BCUT2D eigenvalue weighted by Crippen LogP contribution is -2.50. The molecule has 3 rings (SSSR count). The average Bonchev–Trinajstić information content (AvgIpc) is 3.06. The fraction of sp³-hybridized carbons (Fsp3) is 0.476. The van der Waals surface area contributed by atoms with E-state index in [1.807, 2.05) is 0 Å². The van der Waals surface area contributed by atoms with Crippen LogP contribution in [0.3, 0.4) is 0 Å². The molecule has 0 spiro atoms. The number of rotatable bonds is 9. The number of hydrogen-bond acceptors (Lipinski definition) is 8. The lowest BCUT2D eigenvalue weighted by atomic mass is 10.2. The molecule has 2 heterocycles. The molecule has 12 heteroatoms. The maximum atomic E-state index is 12.7. The van der Waals surface area contributed by atoms with E-state index in [1.165, 1.54) is 17.0 Å². The highest BCUT2D eigenvalue weighted by Crippen LogP contribution is 2.17. The fourth-order valence-corrected chi connectivity index (χ4v) is 4.60. The number of sulfonamides is 1. The summed E-state index contributed by atoms with van der Waals surface area (Å²) in [5.74, 6) is -1.42. The van der Waals surface area contributed by atoms with Crippen LogP contribution in [-0.4, -0.2) is 75.7 Å². The Morgan fingerprint density at radius 2 is 2.00 bits per heavy atom. The van der Waals surface area contributed by atoms with Crippen molar-refractivity contribution in [3.05, 3.63) is 42.0 Å². The van der Waals surface area contributed by atoms with E-state index in [-0.39, 0.29) is 37.4 Å². The van der Waals surface area contributed by atoms with Crippen LogP contribution < -0.4 is 15.8 Å². The molecular formula is C21H28N4O7S. The van der Waals surface area contributed by atoms with Gasteiger partial charge in [-0.25, -0.2) is 13.1 Å². The predicted molar refractivity (Wildman–Crippen MR) is 117 cm³/mol. The molecule has 0 saturated carbocycles. The Labute approximate surface area is 192 Å². The second kappa shape index (κ2) is 10.9. The van der Waals surface area contributed by atoms with Crippen LogP contribution in [0.4, 0.5) is 0 Å². The standard InChI is InChI=1S/C21H28N4O7S/c1-2-31-21-17(10-19(27)32-21)24-18(26)13-25-12-14(8-9-16(22)20(25)28)11-23-33(29,30)15-6-4-3-5-7-15/h3-8,16-17,21,23H,2,9-13,22H2,1H3,(H,24,26). The number of benzene rings is 1. The van der Waals surface area contributed by atoms with Gasteiger partial charge < -0.3 is 25.4 Å². The van der Waals surface area contributed by atoms with E-state index in [4.69, 9.17) is 15.2 Å². The van der Waals surface area contributed by atoms with Gasteiger partial charge in [0, 0.05) is 19.7 Å². The van der Waals surface area contributed by atoms with Crippen molar-refractivity contribution in [1.29, 1.82) is 0 Å². The van der Waals surface area contributed by atoms with Crippen molar-refractivity contribution in [3.8, 4) is 0 Å². The van der Waals surface area contributed by atoms with Gasteiger partial charge in [0.05, 0.1) is 23.9 Å². The number of nitrogens with two attached hydrogens (primary N) is 1. The molecule has 2 aliphatic rings. The van der Waals surface area contributed by atoms with E-state index in [9.17, 15) is 22.8 Å². The largest absolute Gasteiger partial charge is 0.433 e. The molecular weight excluding hydrogens is 452 g/mol. The molecule has 0 bridgehead atoms. The van der Waals surface area contributed by atoms with Crippen LogP contribution in [0.2, 0.25) is 0 Å². The second-order valence-electron chi connectivity index (χ2n) is 7.73. The van der Waals surface area contributed by atoms with Gasteiger partial charge in [-0.1, -0.05) is 24.3 Å². The van der Waals surface area contributed by atoms with Crippen LogP contribution in [0, 0.1) is 0 Å². The van der Waals surface area contributed by atoms with Gasteiger partial charge in [0.2, 0.25) is 28.1 Å². The van der Waals surface area contributed by atoms with Gasteiger partial charge in [-0.2, -0.15) is 0 Å². The Morgan fingerprint density at radius 1 is 1.27 bits per heavy atom. The van der Waals surface area contributed by atoms with Crippen molar-refractivity contribution in [3.63, 3.8) is 0 Å². The molecule has 0 aliphatic carbocycles. The zero-order valence-corrected chi connectivity index (χ0v) is 19.0. The first-order chi connectivity index (χ1) is 15.7. The number of esters is 1. The number of ether oxygens (including phenoxy) is 2. The third kappa shape index (κ3) is 6.60. The fourth-order valence-electron chi connectivity index (χ4n) is 3.54. The van der Waals surface area contributed by atoms with E-state index in [0.717, 1.165) is 0 Å². The first kappa shape index (κ1) is 24.8. The Morgan fingerprint density at radius 3 is 2.70 bits per heavy atom. The third-order valence-corrected chi connectivity index (χ3v) is 6.62. The van der Waals surface area contributed by atoms with Gasteiger partial charge in [-0.3, -0.25) is 14.4 Å². The first-order valence-electron chi connectivity index (χ1n) is 10.6. The molecule has 33 heavy (non-hydrogen) atoms. The van der Waals surface area contributed by atoms with E-state index >= 15 is 0 Å². The van der Waals surface area contributed by atoms with Gasteiger partial charge in [0.25, 0.3) is 0 Å². The van der Waals surface area contributed by atoms with Gasteiger partial charge in [0.15, 0.2) is 0 Å². The maximum absolute atomic E-state index is 12.7. The number of hydrogen-bond donors (Lipinski definition) is 3. The Balaban J connectivity index is 1.62. The number of amides is 2. The van der Waals surface area contributed by atoms with Crippen molar-refractivity contribution < 1.29 is 32.3 Å². The topological polar surface area (TPSA) is 157 Å². The number of nitrogens with zero attached hydrogens (tertiary/aromatic N) is 1. The summed E-state index contributed by atoms with van der Waals surface area (Å²) >= 11 is 0. The Bertz CT molecular complexity index is 1010. The molecule has 4 N–H and O–H groups in total. The summed E-state index contributed by atoms with van der Waals surface area (Å²) in [6, 6.07) is 6.40. The predicted octanol–water partition coefficient (Wildman–Crippen LogP) is -0.755. The van der Waals surface area contributed by atoms with Crippen molar-refractivity contribution in [1.82, 2.24) is 14.9 Å². The van der Waals surface area contributed by atoms with Crippen molar-refractivity contribution in [2.24, 2.45) is 5.73 Å². The smallest absolute Gasteiger partial charge is 0.310 e. The van der Waals surface area contributed by atoms with E-state index in [1.54, 1.807) is 31.2 Å². The summed E-state index contributed by atoms with van der Waals surface area (Å²) in [6.45, 7) is 1.73. The van der Waals surface area contributed by atoms with Crippen molar-refractivity contribution in [2.45, 2.75) is 43.0 Å². The molecule has 2 aliphatic heterocycles. The van der Waals surface area contributed by atoms with E-state index < -0.39 is 46.2 Å². The first-order valence-corrected chi connectivity index (χ1v) is 12.1. The van der Waals surface area contributed by atoms with Gasteiger partial charge >= 0.3 is 5.97 Å². The molecule has 3 unspecified atom stereocenters. The number of carbonyl (C=O) groups is 3. The molecule has 11 nitrogen and oxygen atoms in total. The summed E-state index contributed by atoms with van der Waals surface area (Å²) in [7, 11) is -3.74. The monoisotopic (exact) mass is 480 g/mol. The van der Waals surface area contributed by atoms with Gasteiger partial charge in [-0.05, 0) is 31.1 Å². The number of nitrogens with one attached hydrogen (secondary N) is 2. The molecule has 180 valence electrons. The van der Waals surface area contributed by atoms with Crippen molar-refractivity contribution in [2.75, 3.05) is 26.2 Å². The van der Waals surface area contributed by atoms with Crippen LogP contribution in [-0.2, 0) is 33.9 Å². The van der Waals surface area contributed by atoms with E-state index in [0.29, 0.717) is 12.2 Å². The van der Waals surface area contributed by atoms with Crippen LogP contribution >= 0.6 is 0 Å². The van der Waals surface area contributed by atoms with E-state index in [2.05, 4.69) is 10.0 Å². The minimum absolute atomic E-state index is 0.0315. The molecule has 0 aromatic heterocycles. The molecule has 0 radical (unpaired) electrons. The molecule has 1 saturated heterocycles. The normalized spacial score (nSPS) is 23.6. The molecule has 1 fully saturated rings. The summed E-state index contributed by atoms with van der Waals surface area (Å²) in [4.78, 5) is 38.2. The van der Waals surface area contributed by atoms with Gasteiger partial charge in [-0.15, -0.1) is 0 Å². The maximum Gasteiger partial charge on any atom is 0.310 e. The lowest BCUT2D eigenvalue weighted by molar-refractivity contribution is -0.164. The highest BCUT2D eigenvalue weighted by atomic mass is 32.2. The summed E-state index contributed by atoms with van der Waals surface area (Å²) < 4.78 is 37.9. The molecule has 1 aromatic carbocycles. The van der Waals surface area contributed by atoms with Gasteiger partial charge in [0.1, 0.15) is 6.04 Å². The third-order valence-electron chi connectivity index (χ3n) is 5.20. The SMILES string of the molecule is CCOC1OC(=O)CC1NC(=O)CN1CC(CNS(=O)(=O)c2ccccc2)=CCC(N)C1=O. The highest BCUT2D eigenvalue weighted by molar-refractivity contribution is 7.89. The Hall–Kier alpha value is -2.80. The number of cyclic esters (lactones) is 1. The number of carbonyl (C=O) groups excluding carboxylic acids is 3. The zero-order chi connectivity index (χ0) is 24.0. The highest BCUT2D eigenvalue weighted by Gasteiger charge is 2.37. The van der Waals surface area contributed by atoms with Crippen LogP contribution in [0.5, 0.6) is 0 Å². The molecule has 3 atom stereocenters. The second-order valence-corrected chi connectivity index (χ2v) is 9.50. The van der Waals surface area contributed by atoms with Crippen LogP contribution in [0.1, 0.15) is 19.8 Å². The minimum Gasteiger partial charge on any atom is -0.433 e.